The third-order valence-corrected chi connectivity index (χ3v) is 6.00. The van der Waals surface area contributed by atoms with Crippen LogP contribution in [0.2, 0.25) is 0 Å². The fourth-order valence-electron chi connectivity index (χ4n) is 4.12. The summed E-state index contributed by atoms with van der Waals surface area (Å²) < 4.78 is 10.3. The largest absolute Gasteiger partial charge is 0.466 e. The lowest BCUT2D eigenvalue weighted by Gasteiger charge is -2.31. The Bertz CT molecular complexity index is 1070. The first-order valence-corrected chi connectivity index (χ1v) is 10.7. The number of carbonyl (C=O) groups excluding carboxylic acids is 1. The Kier molecular flexibility index (Phi) is 5.83. The molecule has 1 aromatic heterocycles. The number of hydrogen-bond donors (Lipinski definition) is 0. The summed E-state index contributed by atoms with van der Waals surface area (Å²) in [4.78, 5) is 14.5. The second-order valence-corrected chi connectivity index (χ2v) is 8.05. The van der Waals surface area contributed by atoms with Gasteiger partial charge in [-0.3, -0.25) is 14.3 Å². The van der Waals surface area contributed by atoms with Gasteiger partial charge >= 0.3 is 5.97 Å². The number of imidazole rings is 1. The molecule has 0 amide bonds. The highest BCUT2D eigenvalue weighted by atomic mass is 32.1. The molecule has 0 unspecified atom stereocenters. The second kappa shape index (κ2) is 8.51. The molecule has 152 valence electrons. The van der Waals surface area contributed by atoms with Crippen LogP contribution in [0.4, 0.5) is 0 Å². The third kappa shape index (κ3) is 4.00. The quantitative estimate of drug-likeness (QED) is 0.452. The van der Waals surface area contributed by atoms with Crippen molar-refractivity contribution >= 4 is 29.2 Å². The number of likely N-dealkylation sites (tertiary alicyclic amines) is 1. The standard InChI is InChI=1S/C23H27N3O2S/c1-3-28-22(27)18-7-6-14-24(15-18)16-25-20-8-4-5-9-21(20)26(23(25)29)19-12-10-17(2)11-13-19/h4-5,8-13,18H,3,6-7,14-16H2,1-2H3/t18-/m0/s1. The number of para-hydroxylation sites is 2. The highest BCUT2D eigenvalue weighted by Crippen LogP contribution is 2.25. The van der Waals surface area contributed by atoms with Crippen molar-refractivity contribution in [2.75, 3.05) is 19.7 Å². The predicted octanol–water partition coefficient (Wildman–Crippen LogP) is 4.70. The number of carbonyl (C=O) groups is 1. The Hall–Kier alpha value is -2.44. The second-order valence-electron chi connectivity index (χ2n) is 7.68. The molecule has 5 nitrogen and oxygen atoms in total. The fourth-order valence-corrected chi connectivity index (χ4v) is 4.48. The molecule has 1 aliphatic rings. The minimum absolute atomic E-state index is 0.0525. The lowest BCUT2D eigenvalue weighted by atomic mass is 9.98. The van der Waals surface area contributed by atoms with Crippen LogP contribution in [0.3, 0.4) is 0 Å². The Morgan fingerprint density at radius 2 is 1.86 bits per heavy atom. The topological polar surface area (TPSA) is 39.4 Å². The SMILES string of the molecule is CCOC(=O)[C@H]1CCCN(Cn2c(=S)n(-c3ccc(C)cc3)c3ccccc32)C1. The van der Waals surface area contributed by atoms with Crippen molar-refractivity contribution in [2.45, 2.75) is 33.4 Å². The Morgan fingerprint density at radius 1 is 1.14 bits per heavy atom. The number of benzene rings is 2. The normalized spacial score (nSPS) is 17.5. The van der Waals surface area contributed by atoms with Crippen LogP contribution >= 0.6 is 12.2 Å². The summed E-state index contributed by atoms with van der Waals surface area (Å²) in [6.07, 6.45) is 1.89. The zero-order valence-electron chi connectivity index (χ0n) is 17.0. The number of hydrogen-bond acceptors (Lipinski definition) is 4. The molecule has 0 radical (unpaired) electrons. The van der Waals surface area contributed by atoms with Gasteiger partial charge in [-0.2, -0.15) is 0 Å². The minimum Gasteiger partial charge on any atom is -0.466 e. The summed E-state index contributed by atoms with van der Waals surface area (Å²) in [6.45, 7) is 6.73. The summed E-state index contributed by atoms with van der Waals surface area (Å²) in [5, 5.41) is 0. The number of aryl methyl sites for hydroxylation is 1. The van der Waals surface area contributed by atoms with E-state index in [9.17, 15) is 4.79 Å². The van der Waals surface area contributed by atoms with Crippen LogP contribution in [0.1, 0.15) is 25.3 Å². The van der Waals surface area contributed by atoms with E-state index in [2.05, 4.69) is 57.4 Å². The summed E-state index contributed by atoms with van der Waals surface area (Å²) in [5.74, 6) is -0.133. The van der Waals surface area contributed by atoms with Crippen LogP contribution in [0, 0.1) is 17.6 Å². The molecule has 4 rings (SSSR count). The Morgan fingerprint density at radius 3 is 2.59 bits per heavy atom. The molecule has 1 aliphatic heterocycles. The van der Waals surface area contributed by atoms with Crippen molar-refractivity contribution in [1.82, 2.24) is 14.0 Å². The van der Waals surface area contributed by atoms with Crippen molar-refractivity contribution in [1.29, 1.82) is 0 Å². The smallest absolute Gasteiger partial charge is 0.310 e. The summed E-state index contributed by atoms with van der Waals surface area (Å²) >= 11 is 5.91. The molecule has 0 spiro atoms. The minimum atomic E-state index is -0.0807. The van der Waals surface area contributed by atoms with Crippen LogP contribution in [-0.4, -0.2) is 39.7 Å². The van der Waals surface area contributed by atoms with E-state index in [1.165, 1.54) is 5.56 Å². The molecule has 29 heavy (non-hydrogen) atoms. The van der Waals surface area contributed by atoms with Crippen molar-refractivity contribution in [3.63, 3.8) is 0 Å². The van der Waals surface area contributed by atoms with E-state index < -0.39 is 0 Å². The van der Waals surface area contributed by atoms with E-state index in [4.69, 9.17) is 17.0 Å². The zero-order chi connectivity index (χ0) is 20.4. The number of esters is 1. The van der Waals surface area contributed by atoms with E-state index in [0.29, 0.717) is 19.8 Å². The lowest BCUT2D eigenvalue weighted by molar-refractivity contribution is -0.150. The van der Waals surface area contributed by atoms with Crippen LogP contribution in [0.5, 0.6) is 0 Å². The summed E-state index contributed by atoms with van der Waals surface area (Å²) in [6, 6.07) is 16.8. The fraction of sp³-hybridized carbons (Fsp3) is 0.391. The lowest BCUT2D eigenvalue weighted by Crippen LogP contribution is -2.40. The number of nitrogens with zero attached hydrogens (tertiary/aromatic N) is 3. The van der Waals surface area contributed by atoms with Crippen molar-refractivity contribution in [2.24, 2.45) is 5.92 Å². The molecular formula is C23H27N3O2S. The number of ether oxygens (including phenoxy) is 1. The zero-order valence-corrected chi connectivity index (χ0v) is 17.8. The maximum atomic E-state index is 12.2. The maximum Gasteiger partial charge on any atom is 0.310 e. The predicted molar refractivity (Wildman–Crippen MR) is 118 cm³/mol. The molecule has 6 heteroatoms. The van der Waals surface area contributed by atoms with Gasteiger partial charge in [0.05, 0.1) is 30.2 Å². The van der Waals surface area contributed by atoms with Gasteiger partial charge in [-0.1, -0.05) is 29.8 Å². The maximum absolute atomic E-state index is 12.2. The number of piperidine rings is 1. The van der Waals surface area contributed by atoms with Gasteiger partial charge in [0.15, 0.2) is 4.77 Å². The summed E-state index contributed by atoms with van der Waals surface area (Å²) in [7, 11) is 0. The molecule has 3 aromatic rings. The van der Waals surface area contributed by atoms with E-state index in [0.717, 1.165) is 40.9 Å². The first kappa shape index (κ1) is 19.9. The molecule has 1 fully saturated rings. The van der Waals surface area contributed by atoms with E-state index in [-0.39, 0.29) is 11.9 Å². The highest BCUT2D eigenvalue weighted by Gasteiger charge is 2.27. The van der Waals surface area contributed by atoms with E-state index >= 15 is 0 Å². The van der Waals surface area contributed by atoms with Gasteiger partial charge in [0.25, 0.3) is 0 Å². The molecule has 0 bridgehead atoms. The van der Waals surface area contributed by atoms with Crippen LogP contribution < -0.4 is 0 Å². The molecule has 0 aliphatic carbocycles. The molecule has 1 saturated heterocycles. The van der Waals surface area contributed by atoms with Gasteiger partial charge < -0.3 is 9.30 Å². The molecule has 2 aromatic carbocycles. The van der Waals surface area contributed by atoms with Gasteiger partial charge in [0.2, 0.25) is 0 Å². The molecule has 2 heterocycles. The first-order valence-electron chi connectivity index (χ1n) is 10.2. The van der Waals surface area contributed by atoms with Gasteiger partial charge in [-0.25, -0.2) is 0 Å². The average Bonchev–Trinajstić information content (AvgIpc) is 3.01. The average molecular weight is 410 g/mol. The summed E-state index contributed by atoms with van der Waals surface area (Å²) in [5.41, 5.74) is 4.50. The Balaban J connectivity index is 1.68. The van der Waals surface area contributed by atoms with Crippen LogP contribution in [-0.2, 0) is 16.2 Å². The van der Waals surface area contributed by atoms with Crippen LogP contribution in [0.25, 0.3) is 16.7 Å². The highest BCUT2D eigenvalue weighted by molar-refractivity contribution is 7.71. The molecule has 0 saturated carbocycles. The molecule has 1 atom stereocenters. The first-order chi connectivity index (χ1) is 14.1. The number of fused-ring (bicyclic) bond motifs is 1. The molecular weight excluding hydrogens is 382 g/mol. The third-order valence-electron chi connectivity index (χ3n) is 5.59. The van der Waals surface area contributed by atoms with E-state index in [1.54, 1.807) is 0 Å². The number of aromatic nitrogens is 2. The van der Waals surface area contributed by atoms with E-state index in [1.807, 2.05) is 19.1 Å². The Labute approximate surface area is 176 Å². The van der Waals surface area contributed by atoms with Gasteiger partial charge in [-0.15, -0.1) is 0 Å². The van der Waals surface area contributed by atoms with Gasteiger partial charge in [0, 0.05) is 12.2 Å². The van der Waals surface area contributed by atoms with Crippen LogP contribution in [0.15, 0.2) is 48.5 Å². The van der Waals surface area contributed by atoms with Crippen molar-refractivity contribution in [3.8, 4) is 5.69 Å². The molecule has 0 N–H and O–H groups in total. The van der Waals surface area contributed by atoms with Gasteiger partial charge in [0.1, 0.15) is 0 Å². The van der Waals surface area contributed by atoms with Crippen molar-refractivity contribution in [3.05, 3.63) is 58.9 Å². The monoisotopic (exact) mass is 409 g/mol. The van der Waals surface area contributed by atoms with Gasteiger partial charge in [-0.05, 0) is 69.7 Å². The number of rotatable bonds is 5. The van der Waals surface area contributed by atoms with Crippen molar-refractivity contribution < 1.29 is 9.53 Å².